The Hall–Kier alpha value is -2.92. The number of ether oxygens (including phenoxy) is 4. The van der Waals surface area contributed by atoms with Crippen LogP contribution in [-0.4, -0.2) is 24.9 Å². The van der Waals surface area contributed by atoms with Gasteiger partial charge in [0, 0.05) is 0 Å². The summed E-state index contributed by atoms with van der Waals surface area (Å²) in [6.45, 7) is 1.88. The summed E-state index contributed by atoms with van der Waals surface area (Å²) >= 11 is 0. The Labute approximate surface area is 184 Å². The maximum absolute atomic E-state index is 6.37. The van der Waals surface area contributed by atoms with Crippen LogP contribution < -0.4 is 0 Å². The van der Waals surface area contributed by atoms with Crippen molar-refractivity contribution < 1.29 is 18.9 Å². The fraction of sp³-hybridized carbons (Fsp3) is 0.259. The summed E-state index contributed by atoms with van der Waals surface area (Å²) in [7, 11) is 0. The van der Waals surface area contributed by atoms with Gasteiger partial charge in [-0.25, -0.2) is 0 Å². The third kappa shape index (κ3) is 6.53. The van der Waals surface area contributed by atoms with E-state index in [4.69, 9.17) is 18.9 Å². The molecule has 3 aromatic rings. The van der Waals surface area contributed by atoms with Gasteiger partial charge in [0.1, 0.15) is 24.9 Å². The Morgan fingerprint density at radius 2 is 1.10 bits per heavy atom. The smallest absolute Gasteiger partial charge is 0.121 e. The first kappa shape index (κ1) is 21.3. The van der Waals surface area contributed by atoms with E-state index >= 15 is 0 Å². The number of hydrogen-bond donors (Lipinski definition) is 0. The van der Waals surface area contributed by atoms with Crippen LogP contribution in [0.2, 0.25) is 0 Å². The van der Waals surface area contributed by atoms with Gasteiger partial charge in [0.25, 0.3) is 0 Å². The molecule has 0 N–H and O–H groups in total. The quantitative estimate of drug-likeness (QED) is 0.475. The van der Waals surface area contributed by atoms with E-state index in [9.17, 15) is 0 Å². The van der Waals surface area contributed by atoms with Gasteiger partial charge in [-0.15, -0.1) is 0 Å². The van der Waals surface area contributed by atoms with Crippen molar-refractivity contribution in [3.63, 3.8) is 0 Å². The van der Waals surface area contributed by atoms with Gasteiger partial charge in [-0.05, 0) is 22.8 Å². The molecule has 160 valence electrons. The maximum Gasteiger partial charge on any atom is 0.121 e. The van der Waals surface area contributed by atoms with Crippen molar-refractivity contribution in [1.29, 1.82) is 0 Å². The molecule has 0 saturated carbocycles. The van der Waals surface area contributed by atoms with E-state index in [2.05, 4.69) is 36.4 Å². The van der Waals surface area contributed by atoms with Crippen LogP contribution in [0.15, 0.2) is 103 Å². The third-order valence-electron chi connectivity index (χ3n) is 5.19. The Bertz CT molecular complexity index is 912. The molecule has 0 aliphatic carbocycles. The third-order valence-corrected chi connectivity index (χ3v) is 5.19. The highest BCUT2D eigenvalue weighted by Crippen LogP contribution is 2.22. The molecule has 0 radical (unpaired) electrons. The van der Waals surface area contributed by atoms with E-state index < -0.39 is 0 Å². The molecule has 0 unspecified atom stereocenters. The van der Waals surface area contributed by atoms with Crippen LogP contribution in [0.5, 0.6) is 0 Å². The van der Waals surface area contributed by atoms with Crippen molar-refractivity contribution in [2.75, 3.05) is 6.61 Å². The molecule has 0 saturated heterocycles. The highest BCUT2D eigenvalue weighted by Gasteiger charge is 2.33. The van der Waals surface area contributed by atoms with Crippen molar-refractivity contribution in [1.82, 2.24) is 0 Å². The summed E-state index contributed by atoms with van der Waals surface area (Å²) < 4.78 is 24.6. The van der Waals surface area contributed by atoms with Crippen molar-refractivity contribution in [2.45, 2.75) is 38.1 Å². The minimum absolute atomic E-state index is 0.264. The zero-order chi connectivity index (χ0) is 21.1. The van der Waals surface area contributed by atoms with Gasteiger partial charge in [-0.2, -0.15) is 0 Å². The maximum atomic E-state index is 6.37. The van der Waals surface area contributed by atoms with Crippen molar-refractivity contribution in [3.8, 4) is 0 Å². The highest BCUT2D eigenvalue weighted by atomic mass is 16.6. The molecule has 1 aliphatic heterocycles. The molecular formula is C27H28O4. The average Bonchev–Trinajstić information content (AvgIpc) is 3.03. The Kier molecular flexibility index (Phi) is 7.88. The topological polar surface area (TPSA) is 36.9 Å². The molecule has 4 rings (SSSR count). The highest BCUT2D eigenvalue weighted by molar-refractivity contribution is 5.15. The molecule has 0 bridgehead atoms. The first-order valence-corrected chi connectivity index (χ1v) is 10.6. The van der Waals surface area contributed by atoms with E-state index in [1.54, 1.807) is 6.26 Å². The van der Waals surface area contributed by atoms with Crippen LogP contribution in [-0.2, 0) is 38.8 Å². The van der Waals surface area contributed by atoms with Gasteiger partial charge >= 0.3 is 0 Å². The van der Waals surface area contributed by atoms with Gasteiger partial charge in [-0.3, -0.25) is 0 Å². The van der Waals surface area contributed by atoms with Gasteiger partial charge in [0.2, 0.25) is 0 Å². The number of rotatable bonds is 9. The lowest BCUT2D eigenvalue weighted by atomic mass is 10.1. The molecule has 0 spiro atoms. The van der Waals surface area contributed by atoms with Gasteiger partial charge in [-0.1, -0.05) is 91.0 Å². The van der Waals surface area contributed by atoms with Crippen LogP contribution in [0.1, 0.15) is 16.7 Å². The van der Waals surface area contributed by atoms with E-state index in [0.717, 1.165) is 16.7 Å². The molecule has 1 heterocycles. The molecular weight excluding hydrogens is 388 g/mol. The van der Waals surface area contributed by atoms with Crippen LogP contribution in [0.25, 0.3) is 0 Å². The average molecular weight is 417 g/mol. The Morgan fingerprint density at radius 1 is 0.613 bits per heavy atom. The zero-order valence-electron chi connectivity index (χ0n) is 17.5. The lowest BCUT2D eigenvalue weighted by Gasteiger charge is -2.30. The normalized spacial score (nSPS) is 20.7. The summed E-state index contributed by atoms with van der Waals surface area (Å²) in [6, 6.07) is 30.4. The van der Waals surface area contributed by atoms with Crippen molar-refractivity contribution in [2.24, 2.45) is 0 Å². The second-order valence-corrected chi connectivity index (χ2v) is 7.52. The Balaban J connectivity index is 1.47. The molecule has 31 heavy (non-hydrogen) atoms. The molecule has 3 atom stereocenters. The molecule has 1 aliphatic rings. The fourth-order valence-electron chi connectivity index (χ4n) is 3.51. The lowest BCUT2D eigenvalue weighted by molar-refractivity contribution is -0.144. The Morgan fingerprint density at radius 3 is 1.65 bits per heavy atom. The predicted molar refractivity (Wildman–Crippen MR) is 120 cm³/mol. The standard InChI is InChI=1S/C27H28O4/c1-4-10-22(11-5-1)18-29-25-16-17-28-21-26(30-19-23-12-6-2-7-13-23)27(25)31-20-24-14-8-3-9-15-24/h1-17,25-27H,18-21H2/t25-,26+,27+/m0/s1. The lowest BCUT2D eigenvalue weighted by Crippen LogP contribution is -2.43. The van der Waals surface area contributed by atoms with E-state index in [-0.39, 0.29) is 18.3 Å². The summed E-state index contributed by atoms with van der Waals surface area (Å²) in [4.78, 5) is 0. The molecule has 4 heteroatoms. The number of hydrogen-bond acceptors (Lipinski definition) is 4. The van der Waals surface area contributed by atoms with Crippen LogP contribution in [0.3, 0.4) is 0 Å². The van der Waals surface area contributed by atoms with Crippen molar-refractivity contribution in [3.05, 3.63) is 120 Å². The van der Waals surface area contributed by atoms with E-state index in [1.165, 1.54) is 0 Å². The second-order valence-electron chi connectivity index (χ2n) is 7.52. The fourth-order valence-corrected chi connectivity index (χ4v) is 3.51. The van der Waals surface area contributed by atoms with Crippen LogP contribution in [0, 0.1) is 0 Å². The van der Waals surface area contributed by atoms with E-state index in [1.807, 2.05) is 60.7 Å². The molecule has 0 amide bonds. The summed E-state index contributed by atoms with van der Waals surface area (Å²) in [6.07, 6.45) is 2.77. The van der Waals surface area contributed by atoms with Gasteiger partial charge in [0.15, 0.2) is 0 Å². The largest absolute Gasteiger partial charge is 0.499 e. The minimum Gasteiger partial charge on any atom is -0.499 e. The molecule has 4 nitrogen and oxygen atoms in total. The zero-order valence-corrected chi connectivity index (χ0v) is 17.5. The van der Waals surface area contributed by atoms with E-state index in [0.29, 0.717) is 26.4 Å². The summed E-state index contributed by atoms with van der Waals surface area (Å²) in [5.41, 5.74) is 3.34. The van der Waals surface area contributed by atoms with Crippen molar-refractivity contribution >= 4 is 0 Å². The van der Waals surface area contributed by atoms with Gasteiger partial charge in [0.05, 0.1) is 26.1 Å². The monoisotopic (exact) mass is 416 g/mol. The first-order chi connectivity index (χ1) is 15.4. The van der Waals surface area contributed by atoms with Gasteiger partial charge < -0.3 is 18.9 Å². The minimum atomic E-state index is -0.300. The molecule has 0 fully saturated rings. The predicted octanol–water partition coefficient (Wildman–Crippen LogP) is 5.29. The SMILES string of the molecule is C1=C[C@H](OCc2ccccc2)[C@@H](OCc2ccccc2)[C@H](OCc2ccccc2)CO1. The summed E-state index contributed by atoms with van der Waals surface area (Å²) in [5, 5.41) is 0. The first-order valence-electron chi connectivity index (χ1n) is 10.6. The molecule has 3 aromatic carbocycles. The summed E-state index contributed by atoms with van der Waals surface area (Å²) in [5.74, 6) is 0. The van der Waals surface area contributed by atoms with Crippen LogP contribution >= 0.6 is 0 Å². The second kappa shape index (κ2) is 11.5. The molecule has 0 aromatic heterocycles. The number of benzene rings is 3. The van der Waals surface area contributed by atoms with Crippen LogP contribution in [0.4, 0.5) is 0 Å².